The fourth-order valence-corrected chi connectivity index (χ4v) is 4.22. The van der Waals surface area contributed by atoms with Crippen molar-refractivity contribution < 1.29 is 24.2 Å². The second-order valence-corrected chi connectivity index (χ2v) is 9.77. The number of phenols is 1. The third-order valence-electron chi connectivity index (χ3n) is 6.28. The normalized spacial score (nSPS) is 17.3. The van der Waals surface area contributed by atoms with Crippen molar-refractivity contribution in [3.8, 4) is 5.75 Å². The molecule has 4 N–H and O–H groups in total. The molecule has 1 heterocycles. The fourth-order valence-electron chi connectivity index (χ4n) is 4.22. The number of hydrogen-bond donors (Lipinski definition) is 4. The maximum absolute atomic E-state index is 12.9. The maximum Gasteiger partial charge on any atom is 0.253 e. The molecule has 1 fully saturated rings. The van der Waals surface area contributed by atoms with Crippen molar-refractivity contribution in [3.05, 3.63) is 77.9 Å². The Hall–Kier alpha value is -3.91. The van der Waals surface area contributed by atoms with E-state index in [0.717, 1.165) is 21.9 Å². The summed E-state index contributed by atoms with van der Waals surface area (Å²) >= 11 is 0. The zero-order valence-corrected chi connectivity index (χ0v) is 21.1. The average Bonchev–Trinajstić information content (AvgIpc) is 3.69. The molecule has 1 aliphatic heterocycles. The van der Waals surface area contributed by atoms with E-state index in [1.54, 1.807) is 24.3 Å². The summed E-state index contributed by atoms with van der Waals surface area (Å²) in [7, 11) is 0. The molecule has 194 valence electrons. The molecule has 37 heavy (non-hydrogen) atoms. The smallest absolute Gasteiger partial charge is 0.253 e. The van der Waals surface area contributed by atoms with Crippen LogP contribution in [0.5, 0.6) is 5.75 Å². The highest BCUT2D eigenvalue weighted by atomic mass is 16.6. The van der Waals surface area contributed by atoms with E-state index in [0.29, 0.717) is 25.9 Å². The SMILES string of the molecule is CC(C)C[C@H](NC(=O)[C@H]1O[C@@H]1C(=O)NCCc1ccc(O)cc1)C(=O)NCc1ccc2ccccc2c1. The van der Waals surface area contributed by atoms with Gasteiger partial charge in [0.05, 0.1) is 0 Å². The summed E-state index contributed by atoms with van der Waals surface area (Å²) in [5, 5.41) is 20.0. The number of benzene rings is 3. The van der Waals surface area contributed by atoms with Gasteiger partial charge in [0.1, 0.15) is 11.8 Å². The van der Waals surface area contributed by atoms with Gasteiger partial charge in [0.25, 0.3) is 11.8 Å². The van der Waals surface area contributed by atoms with Crippen molar-refractivity contribution in [2.45, 2.75) is 51.5 Å². The number of amides is 3. The van der Waals surface area contributed by atoms with Gasteiger partial charge in [0, 0.05) is 13.1 Å². The summed E-state index contributed by atoms with van der Waals surface area (Å²) in [6.45, 7) is 4.69. The molecule has 0 aliphatic carbocycles. The lowest BCUT2D eigenvalue weighted by atomic mass is 10.0. The van der Waals surface area contributed by atoms with Gasteiger partial charge in [-0.2, -0.15) is 0 Å². The summed E-state index contributed by atoms with van der Waals surface area (Å²) < 4.78 is 5.33. The van der Waals surface area contributed by atoms with Crippen LogP contribution in [0, 0.1) is 5.92 Å². The molecule has 0 aromatic heterocycles. The van der Waals surface area contributed by atoms with E-state index in [4.69, 9.17) is 4.74 Å². The molecule has 0 unspecified atom stereocenters. The second-order valence-electron chi connectivity index (χ2n) is 9.77. The summed E-state index contributed by atoms with van der Waals surface area (Å²) in [6.07, 6.45) is -0.716. The number of carbonyl (C=O) groups is 3. The molecule has 8 nitrogen and oxygen atoms in total. The van der Waals surface area contributed by atoms with Gasteiger partial charge in [-0.25, -0.2) is 0 Å². The van der Waals surface area contributed by atoms with E-state index in [9.17, 15) is 19.5 Å². The highest BCUT2D eigenvalue weighted by Crippen LogP contribution is 2.23. The first kappa shape index (κ1) is 26.2. The minimum absolute atomic E-state index is 0.177. The molecule has 0 saturated carbocycles. The summed E-state index contributed by atoms with van der Waals surface area (Å²) in [6, 6.07) is 20.1. The van der Waals surface area contributed by atoms with Crippen molar-refractivity contribution in [2.75, 3.05) is 6.54 Å². The minimum Gasteiger partial charge on any atom is -0.508 e. The van der Waals surface area contributed by atoms with Crippen LogP contribution in [-0.4, -0.2) is 47.6 Å². The Morgan fingerprint density at radius 2 is 1.54 bits per heavy atom. The number of rotatable bonds is 11. The van der Waals surface area contributed by atoms with E-state index in [-0.39, 0.29) is 23.5 Å². The molecular weight excluding hydrogens is 470 g/mol. The first-order valence-electron chi connectivity index (χ1n) is 12.6. The predicted molar refractivity (Wildman–Crippen MR) is 141 cm³/mol. The van der Waals surface area contributed by atoms with Crippen molar-refractivity contribution in [3.63, 3.8) is 0 Å². The Morgan fingerprint density at radius 3 is 2.27 bits per heavy atom. The number of fused-ring (bicyclic) bond motifs is 1. The van der Waals surface area contributed by atoms with Crippen LogP contribution in [0.1, 0.15) is 31.4 Å². The summed E-state index contributed by atoms with van der Waals surface area (Å²) in [5.41, 5.74) is 1.94. The fraction of sp³-hybridized carbons (Fsp3) is 0.345. The van der Waals surface area contributed by atoms with Crippen molar-refractivity contribution in [1.82, 2.24) is 16.0 Å². The zero-order valence-electron chi connectivity index (χ0n) is 21.1. The maximum atomic E-state index is 12.9. The molecule has 1 aliphatic rings. The highest BCUT2D eigenvalue weighted by molar-refractivity contribution is 5.97. The zero-order chi connectivity index (χ0) is 26.4. The Balaban J connectivity index is 1.25. The third-order valence-corrected chi connectivity index (χ3v) is 6.28. The van der Waals surface area contributed by atoms with Gasteiger partial charge in [-0.3, -0.25) is 14.4 Å². The monoisotopic (exact) mass is 503 g/mol. The van der Waals surface area contributed by atoms with Crippen LogP contribution < -0.4 is 16.0 Å². The number of ether oxygens (including phenoxy) is 1. The van der Waals surface area contributed by atoms with Crippen LogP contribution >= 0.6 is 0 Å². The highest BCUT2D eigenvalue weighted by Gasteiger charge is 2.50. The van der Waals surface area contributed by atoms with Crippen molar-refractivity contribution in [1.29, 1.82) is 0 Å². The molecule has 3 atom stereocenters. The quantitative estimate of drug-likeness (QED) is 0.300. The number of hydrogen-bond acceptors (Lipinski definition) is 5. The first-order valence-corrected chi connectivity index (χ1v) is 12.6. The largest absolute Gasteiger partial charge is 0.508 e. The number of nitrogens with one attached hydrogen (secondary N) is 3. The molecule has 8 heteroatoms. The van der Waals surface area contributed by atoms with E-state index in [1.807, 2.05) is 56.3 Å². The Kier molecular flexibility index (Phi) is 8.40. The van der Waals surface area contributed by atoms with Gasteiger partial charge >= 0.3 is 0 Å². The Bertz CT molecular complexity index is 1260. The molecule has 1 saturated heterocycles. The van der Waals surface area contributed by atoms with Crippen LogP contribution in [0.3, 0.4) is 0 Å². The van der Waals surface area contributed by atoms with E-state index in [1.165, 1.54) is 0 Å². The lowest BCUT2D eigenvalue weighted by Crippen LogP contribution is -2.49. The third kappa shape index (κ3) is 7.30. The molecule has 0 bridgehead atoms. The number of phenolic OH excluding ortho intramolecular Hbond substituents is 1. The second kappa shape index (κ2) is 11.9. The van der Waals surface area contributed by atoms with Gasteiger partial charge in [-0.05, 0) is 58.9 Å². The topological polar surface area (TPSA) is 120 Å². The van der Waals surface area contributed by atoms with Gasteiger partial charge < -0.3 is 25.8 Å². The van der Waals surface area contributed by atoms with Gasteiger partial charge in [0.15, 0.2) is 12.2 Å². The van der Waals surface area contributed by atoms with Gasteiger partial charge in [0.2, 0.25) is 5.91 Å². The van der Waals surface area contributed by atoms with Crippen LogP contribution in [-0.2, 0) is 32.1 Å². The summed E-state index contributed by atoms with van der Waals surface area (Å²) in [5.74, 6) is -0.738. The number of epoxide rings is 1. The minimum atomic E-state index is -0.906. The van der Waals surface area contributed by atoms with Crippen LogP contribution in [0.25, 0.3) is 10.8 Å². The number of carbonyl (C=O) groups excluding carboxylic acids is 3. The van der Waals surface area contributed by atoms with Crippen molar-refractivity contribution >= 4 is 28.5 Å². The van der Waals surface area contributed by atoms with Gasteiger partial charge in [-0.15, -0.1) is 0 Å². The first-order chi connectivity index (χ1) is 17.8. The van der Waals surface area contributed by atoms with Gasteiger partial charge in [-0.1, -0.05) is 62.4 Å². The van der Waals surface area contributed by atoms with E-state index in [2.05, 4.69) is 16.0 Å². The summed E-state index contributed by atoms with van der Waals surface area (Å²) in [4.78, 5) is 38.1. The molecule has 0 radical (unpaired) electrons. The Morgan fingerprint density at radius 1 is 0.865 bits per heavy atom. The van der Waals surface area contributed by atoms with Crippen LogP contribution in [0.4, 0.5) is 0 Å². The standard InChI is InChI=1S/C29H33N3O5/c1-18(2)15-24(27(34)31-17-20-7-10-21-5-3-4-6-22(21)16-20)32-29(36)26-25(37-26)28(35)30-14-13-19-8-11-23(33)12-9-19/h3-12,16,18,24-26,33H,13-15,17H2,1-2H3,(H,30,35)(H,31,34)(H,32,36)/t24-,25-,26-/m0/s1. The Labute approximate surface area is 216 Å². The lowest BCUT2D eigenvalue weighted by Gasteiger charge is -2.20. The number of aromatic hydroxyl groups is 1. The molecule has 3 aromatic rings. The lowest BCUT2D eigenvalue weighted by molar-refractivity contribution is -0.130. The predicted octanol–water partition coefficient (Wildman–Crippen LogP) is 2.82. The molecule has 3 amide bonds. The van der Waals surface area contributed by atoms with Crippen LogP contribution in [0.15, 0.2) is 66.7 Å². The molecule has 4 rings (SSSR count). The molecular formula is C29H33N3O5. The van der Waals surface area contributed by atoms with E-state index < -0.39 is 24.2 Å². The molecule has 0 spiro atoms. The van der Waals surface area contributed by atoms with Crippen LogP contribution in [0.2, 0.25) is 0 Å². The molecule has 3 aromatic carbocycles. The van der Waals surface area contributed by atoms with Crippen molar-refractivity contribution in [2.24, 2.45) is 5.92 Å². The van der Waals surface area contributed by atoms with E-state index >= 15 is 0 Å². The average molecular weight is 504 g/mol.